The minimum atomic E-state index is -0.511. The van der Waals surface area contributed by atoms with Crippen LogP contribution in [-0.4, -0.2) is 49.1 Å². The van der Waals surface area contributed by atoms with Crippen LogP contribution in [0.4, 0.5) is 5.69 Å². The highest BCUT2D eigenvalue weighted by molar-refractivity contribution is 5.89. The van der Waals surface area contributed by atoms with Crippen LogP contribution < -0.4 is 4.90 Å². The van der Waals surface area contributed by atoms with Crippen LogP contribution in [0.5, 0.6) is 0 Å². The third-order valence-electron chi connectivity index (χ3n) is 5.47. The second-order valence-corrected chi connectivity index (χ2v) is 8.18. The molecular weight excluding hydrogens is 378 g/mol. The molecule has 1 amide bonds. The van der Waals surface area contributed by atoms with Gasteiger partial charge in [-0.25, -0.2) is 4.79 Å². The van der Waals surface area contributed by atoms with E-state index >= 15 is 0 Å². The van der Waals surface area contributed by atoms with E-state index in [0.717, 1.165) is 22.5 Å². The van der Waals surface area contributed by atoms with Gasteiger partial charge in [-0.3, -0.25) is 4.79 Å². The molecule has 0 unspecified atom stereocenters. The Hall–Kier alpha value is -3.02. The van der Waals surface area contributed by atoms with Gasteiger partial charge in [0.15, 0.2) is 6.61 Å². The van der Waals surface area contributed by atoms with E-state index in [4.69, 9.17) is 4.74 Å². The maximum absolute atomic E-state index is 12.3. The van der Waals surface area contributed by atoms with Crippen LogP contribution in [-0.2, 0) is 20.9 Å². The molecule has 1 saturated carbocycles. The summed E-state index contributed by atoms with van der Waals surface area (Å²) in [5, 5.41) is 0. The van der Waals surface area contributed by atoms with Gasteiger partial charge in [0.05, 0.1) is 0 Å². The second kappa shape index (κ2) is 9.20. The Kier molecular flexibility index (Phi) is 6.65. The molecular formula is C24H31N3O3. The highest BCUT2D eigenvalue weighted by Gasteiger charge is 2.26. The number of aromatic nitrogens is 1. The van der Waals surface area contributed by atoms with E-state index in [0.29, 0.717) is 12.6 Å². The minimum Gasteiger partial charge on any atom is -0.452 e. The molecule has 1 heterocycles. The van der Waals surface area contributed by atoms with Crippen molar-refractivity contribution in [3.05, 3.63) is 58.9 Å². The van der Waals surface area contributed by atoms with Gasteiger partial charge in [-0.05, 0) is 62.1 Å². The lowest BCUT2D eigenvalue weighted by atomic mass is 10.2. The summed E-state index contributed by atoms with van der Waals surface area (Å²) >= 11 is 0. The number of carbonyl (C=O) groups is 2. The molecule has 1 aliphatic rings. The van der Waals surface area contributed by atoms with Crippen molar-refractivity contribution in [1.82, 2.24) is 9.47 Å². The number of anilines is 1. The molecule has 30 heavy (non-hydrogen) atoms. The number of esters is 1. The molecule has 1 fully saturated rings. The first-order chi connectivity index (χ1) is 14.3. The summed E-state index contributed by atoms with van der Waals surface area (Å²) in [5.74, 6) is -0.747. The van der Waals surface area contributed by atoms with E-state index in [2.05, 4.69) is 24.5 Å². The Labute approximate surface area is 178 Å². The van der Waals surface area contributed by atoms with Gasteiger partial charge < -0.3 is 19.1 Å². The predicted molar refractivity (Wildman–Crippen MR) is 119 cm³/mol. The zero-order chi connectivity index (χ0) is 21.8. The third kappa shape index (κ3) is 5.32. The highest BCUT2D eigenvalue weighted by Crippen LogP contribution is 2.38. The van der Waals surface area contributed by atoms with Crippen LogP contribution in [0.3, 0.4) is 0 Å². The molecule has 1 aromatic heterocycles. The van der Waals surface area contributed by atoms with Crippen LogP contribution in [0.1, 0.15) is 41.4 Å². The van der Waals surface area contributed by atoms with Crippen LogP contribution in [0.15, 0.2) is 36.4 Å². The van der Waals surface area contributed by atoms with E-state index in [-0.39, 0.29) is 12.5 Å². The molecule has 160 valence electrons. The van der Waals surface area contributed by atoms with Crippen molar-refractivity contribution in [2.24, 2.45) is 0 Å². The van der Waals surface area contributed by atoms with Gasteiger partial charge in [0.2, 0.25) is 0 Å². The minimum absolute atomic E-state index is 0.236. The van der Waals surface area contributed by atoms with E-state index in [1.54, 1.807) is 18.0 Å². The number of hydrogen-bond donors (Lipinski definition) is 0. The average Bonchev–Trinajstić information content (AvgIpc) is 3.50. The van der Waals surface area contributed by atoms with Crippen molar-refractivity contribution in [2.75, 3.05) is 32.6 Å². The van der Waals surface area contributed by atoms with Gasteiger partial charge in [0.1, 0.15) is 0 Å². The van der Waals surface area contributed by atoms with E-state index < -0.39 is 5.97 Å². The maximum atomic E-state index is 12.3. The van der Waals surface area contributed by atoms with E-state index in [1.807, 2.05) is 43.3 Å². The van der Waals surface area contributed by atoms with Gasteiger partial charge >= 0.3 is 5.97 Å². The van der Waals surface area contributed by atoms with Gasteiger partial charge in [-0.2, -0.15) is 0 Å². The summed E-state index contributed by atoms with van der Waals surface area (Å²) < 4.78 is 7.47. The van der Waals surface area contributed by atoms with Crippen molar-refractivity contribution in [3.8, 4) is 0 Å². The molecule has 0 aliphatic heterocycles. The number of carbonyl (C=O) groups excluding carboxylic acids is 2. The summed E-state index contributed by atoms with van der Waals surface area (Å²) in [7, 11) is 5.68. The standard InChI is InChI=1S/C24H31N3O3/c1-17-14-20(18(2)27(17)22-11-12-22)8-13-24(29)30-16-23(28)26(5)15-19-6-9-21(10-7-19)25(3)4/h6-10,13-14,22H,11-12,15-16H2,1-5H3/b13-8+. The van der Waals surface area contributed by atoms with Crippen molar-refractivity contribution in [1.29, 1.82) is 0 Å². The Morgan fingerprint density at radius 2 is 1.80 bits per heavy atom. The largest absolute Gasteiger partial charge is 0.452 e. The lowest BCUT2D eigenvalue weighted by Gasteiger charge is -2.18. The second-order valence-electron chi connectivity index (χ2n) is 8.18. The third-order valence-corrected chi connectivity index (χ3v) is 5.47. The molecule has 2 aromatic rings. The highest BCUT2D eigenvalue weighted by atomic mass is 16.5. The average molecular weight is 410 g/mol. The summed E-state index contributed by atoms with van der Waals surface area (Å²) in [5.41, 5.74) is 5.51. The van der Waals surface area contributed by atoms with Crippen LogP contribution in [0.25, 0.3) is 6.08 Å². The summed E-state index contributed by atoms with van der Waals surface area (Å²) in [6, 6.07) is 10.7. The normalized spacial score (nSPS) is 13.5. The monoisotopic (exact) mass is 409 g/mol. The number of likely N-dealkylation sites (N-methyl/N-ethyl adjacent to an activating group) is 1. The Morgan fingerprint density at radius 3 is 2.40 bits per heavy atom. The van der Waals surface area contributed by atoms with E-state index in [9.17, 15) is 9.59 Å². The van der Waals surface area contributed by atoms with Gasteiger partial charge in [0, 0.05) is 56.9 Å². The summed E-state index contributed by atoms with van der Waals surface area (Å²) in [6.45, 7) is 4.35. The zero-order valence-corrected chi connectivity index (χ0v) is 18.5. The molecule has 1 aromatic carbocycles. The van der Waals surface area contributed by atoms with Gasteiger partial charge in [-0.1, -0.05) is 12.1 Å². The maximum Gasteiger partial charge on any atom is 0.331 e. The fourth-order valence-electron chi connectivity index (χ4n) is 3.58. The van der Waals surface area contributed by atoms with Crippen molar-refractivity contribution in [2.45, 2.75) is 39.3 Å². The molecule has 0 radical (unpaired) electrons. The summed E-state index contributed by atoms with van der Waals surface area (Å²) in [4.78, 5) is 27.9. The molecule has 3 rings (SSSR count). The first-order valence-electron chi connectivity index (χ1n) is 10.3. The number of aryl methyl sites for hydroxylation is 1. The quantitative estimate of drug-likeness (QED) is 0.493. The number of rotatable bonds is 8. The van der Waals surface area contributed by atoms with Crippen molar-refractivity contribution in [3.63, 3.8) is 0 Å². The van der Waals surface area contributed by atoms with E-state index in [1.165, 1.54) is 24.6 Å². The van der Waals surface area contributed by atoms with Crippen LogP contribution in [0, 0.1) is 13.8 Å². The predicted octanol–water partition coefficient (Wildman–Crippen LogP) is 3.72. The molecule has 6 nitrogen and oxygen atoms in total. The molecule has 0 spiro atoms. The number of amides is 1. The van der Waals surface area contributed by atoms with Crippen LogP contribution in [0.2, 0.25) is 0 Å². The molecule has 0 saturated heterocycles. The van der Waals surface area contributed by atoms with Gasteiger partial charge in [0.25, 0.3) is 5.91 Å². The fourth-order valence-corrected chi connectivity index (χ4v) is 3.58. The Bertz CT molecular complexity index is 937. The Morgan fingerprint density at radius 1 is 1.13 bits per heavy atom. The molecule has 6 heteroatoms. The number of ether oxygens (including phenoxy) is 1. The first kappa shape index (κ1) is 21.7. The topological polar surface area (TPSA) is 54.8 Å². The molecule has 0 N–H and O–H groups in total. The molecule has 1 aliphatic carbocycles. The SMILES string of the molecule is Cc1cc(/C=C/C(=O)OCC(=O)N(C)Cc2ccc(N(C)C)cc2)c(C)n1C1CC1. The van der Waals surface area contributed by atoms with Crippen molar-refractivity contribution < 1.29 is 14.3 Å². The Balaban J connectivity index is 1.48. The molecule has 0 atom stereocenters. The first-order valence-corrected chi connectivity index (χ1v) is 10.3. The molecule has 0 bridgehead atoms. The van der Waals surface area contributed by atoms with Gasteiger partial charge in [-0.15, -0.1) is 0 Å². The van der Waals surface area contributed by atoms with Crippen molar-refractivity contribution >= 4 is 23.6 Å². The number of hydrogen-bond acceptors (Lipinski definition) is 4. The number of benzene rings is 1. The fraction of sp³-hybridized carbons (Fsp3) is 0.417. The van der Waals surface area contributed by atoms with Crippen LogP contribution >= 0.6 is 0 Å². The lowest BCUT2D eigenvalue weighted by molar-refractivity contribution is -0.147. The lowest BCUT2D eigenvalue weighted by Crippen LogP contribution is -2.30. The number of nitrogens with zero attached hydrogens (tertiary/aromatic N) is 3. The zero-order valence-electron chi connectivity index (χ0n) is 18.5. The smallest absolute Gasteiger partial charge is 0.331 e. The summed E-state index contributed by atoms with van der Waals surface area (Å²) in [6.07, 6.45) is 5.60.